The highest BCUT2D eigenvalue weighted by Crippen LogP contribution is 2.23. The first kappa shape index (κ1) is 23.7. The van der Waals surface area contributed by atoms with Crippen LogP contribution in [-0.4, -0.2) is 55.2 Å². The van der Waals surface area contributed by atoms with Crippen molar-refractivity contribution in [3.05, 3.63) is 41.0 Å². The Morgan fingerprint density at radius 2 is 1.93 bits per heavy atom. The summed E-state index contributed by atoms with van der Waals surface area (Å²) in [5, 5.41) is 6.73. The lowest BCUT2D eigenvalue weighted by Crippen LogP contribution is -2.46. The minimum Gasteiger partial charge on any atom is -0.465 e. The van der Waals surface area contributed by atoms with E-state index in [0.717, 1.165) is 61.8 Å². The van der Waals surface area contributed by atoms with Crippen LogP contribution in [0, 0.1) is 20.8 Å². The second-order valence-corrected chi connectivity index (χ2v) is 6.94. The number of nitrogens with zero attached hydrogens (tertiary/aromatic N) is 3. The molecule has 1 aliphatic heterocycles. The molecule has 2 aromatic heterocycles. The number of halogens is 1. The number of nitrogens with one attached hydrogen (secondary N) is 2. The van der Waals surface area contributed by atoms with Crippen LogP contribution in [-0.2, 0) is 11.3 Å². The number of guanidine groups is 1. The molecular weight excluding hydrogens is 485 g/mol. The number of morpholine rings is 1. The Morgan fingerprint density at radius 3 is 2.52 bits per heavy atom. The molecular formula is C20H32IN5O3. The second-order valence-electron chi connectivity index (χ2n) is 6.94. The molecule has 3 heterocycles. The van der Waals surface area contributed by atoms with E-state index in [4.69, 9.17) is 13.6 Å². The Bertz CT molecular complexity index is 763. The Balaban J connectivity index is 0.00000300. The summed E-state index contributed by atoms with van der Waals surface area (Å²) in [6, 6.07) is 4.18. The van der Waals surface area contributed by atoms with Gasteiger partial charge < -0.3 is 24.2 Å². The van der Waals surface area contributed by atoms with Crippen LogP contribution in [0.25, 0.3) is 0 Å². The van der Waals surface area contributed by atoms with Crippen molar-refractivity contribution in [3.63, 3.8) is 0 Å². The largest absolute Gasteiger partial charge is 0.465 e. The third kappa shape index (κ3) is 6.71. The fraction of sp³-hybridized carbons (Fsp3) is 0.600. The first-order valence-electron chi connectivity index (χ1n) is 9.90. The molecule has 1 aliphatic rings. The fourth-order valence-corrected chi connectivity index (χ4v) is 3.22. The highest BCUT2D eigenvalue weighted by molar-refractivity contribution is 14.0. The van der Waals surface area contributed by atoms with E-state index < -0.39 is 0 Å². The van der Waals surface area contributed by atoms with Crippen molar-refractivity contribution >= 4 is 29.9 Å². The summed E-state index contributed by atoms with van der Waals surface area (Å²) < 4.78 is 17.1. The Hall–Kier alpha value is -1.59. The first-order valence-corrected chi connectivity index (χ1v) is 9.90. The average Bonchev–Trinajstić information content (AvgIpc) is 3.26. The molecule has 9 heteroatoms. The smallest absolute Gasteiger partial charge is 0.216 e. The van der Waals surface area contributed by atoms with Gasteiger partial charge in [0.05, 0.1) is 24.9 Å². The maximum atomic E-state index is 5.93. The highest BCUT2D eigenvalue weighted by Gasteiger charge is 2.25. The number of hydrogen-bond donors (Lipinski definition) is 2. The first-order chi connectivity index (χ1) is 13.6. The molecule has 0 radical (unpaired) electrons. The van der Waals surface area contributed by atoms with E-state index in [1.807, 2.05) is 33.8 Å². The van der Waals surface area contributed by atoms with Gasteiger partial charge in [0.2, 0.25) is 5.89 Å². The molecule has 162 valence electrons. The SMILES string of the molecule is CCNC(=NCc1nc(C)c(C)o1)NCC(c1ccc(C)o1)N1CCOCC1.I. The maximum absolute atomic E-state index is 5.93. The molecule has 2 aromatic rings. The van der Waals surface area contributed by atoms with Gasteiger partial charge >= 0.3 is 0 Å². The molecule has 0 aromatic carbocycles. The van der Waals surface area contributed by atoms with Gasteiger partial charge in [0.1, 0.15) is 23.8 Å². The summed E-state index contributed by atoms with van der Waals surface area (Å²) in [7, 11) is 0. The van der Waals surface area contributed by atoms with Gasteiger partial charge in [-0.3, -0.25) is 4.90 Å². The molecule has 3 rings (SSSR count). The van der Waals surface area contributed by atoms with Gasteiger partial charge in [-0.05, 0) is 39.8 Å². The topological polar surface area (TPSA) is 88.1 Å². The lowest BCUT2D eigenvalue weighted by atomic mass is 10.1. The van der Waals surface area contributed by atoms with Crippen LogP contribution in [0.2, 0.25) is 0 Å². The predicted molar refractivity (Wildman–Crippen MR) is 123 cm³/mol. The second kappa shape index (κ2) is 11.6. The Morgan fingerprint density at radius 1 is 1.17 bits per heavy atom. The molecule has 0 saturated carbocycles. The number of aliphatic imine (C=N–C) groups is 1. The molecule has 2 N–H and O–H groups in total. The molecule has 0 amide bonds. The minimum atomic E-state index is 0. The van der Waals surface area contributed by atoms with Crippen molar-refractivity contribution in [3.8, 4) is 0 Å². The predicted octanol–water partition coefficient (Wildman–Crippen LogP) is 2.94. The van der Waals surface area contributed by atoms with Gasteiger partial charge in [-0.25, -0.2) is 9.98 Å². The van der Waals surface area contributed by atoms with Crippen LogP contribution in [0.1, 0.15) is 41.8 Å². The Kier molecular flexibility index (Phi) is 9.44. The van der Waals surface area contributed by atoms with Crippen molar-refractivity contribution < 1.29 is 13.6 Å². The van der Waals surface area contributed by atoms with Gasteiger partial charge in [-0.1, -0.05) is 0 Å². The molecule has 1 fully saturated rings. The summed E-state index contributed by atoms with van der Waals surface area (Å²) >= 11 is 0. The number of hydrogen-bond acceptors (Lipinski definition) is 6. The van der Waals surface area contributed by atoms with Gasteiger partial charge in [0.15, 0.2) is 5.96 Å². The van der Waals surface area contributed by atoms with E-state index in [2.05, 4.69) is 31.6 Å². The Labute approximate surface area is 189 Å². The monoisotopic (exact) mass is 517 g/mol. The molecule has 1 saturated heterocycles. The van der Waals surface area contributed by atoms with Crippen molar-refractivity contribution in [1.82, 2.24) is 20.5 Å². The van der Waals surface area contributed by atoms with Crippen LogP contribution in [0.3, 0.4) is 0 Å². The third-order valence-corrected chi connectivity index (χ3v) is 4.83. The highest BCUT2D eigenvalue weighted by atomic mass is 127. The van der Waals surface area contributed by atoms with Gasteiger partial charge in [-0.15, -0.1) is 24.0 Å². The molecule has 8 nitrogen and oxygen atoms in total. The molecule has 0 bridgehead atoms. The van der Waals surface area contributed by atoms with Gasteiger partial charge in [-0.2, -0.15) is 0 Å². The van der Waals surface area contributed by atoms with E-state index in [0.29, 0.717) is 19.0 Å². The van der Waals surface area contributed by atoms with Crippen molar-refractivity contribution in [2.24, 2.45) is 4.99 Å². The van der Waals surface area contributed by atoms with Crippen LogP contribution in [0.4, 0.5) is 0 Å². The summed E-state index contributed by atoms with van der Waals surface area (Å²) in [5.74, 6) is 4.07. The van der Waals surface area contributed by atoms with Crippen LogP contribution in [0.5, 0.6) is 0 Å². The number of rotatable bonds is 7. The standard InChI is InChI=1S/C20H31N5O3.HI/c1-5-21-20(23-13-19-24-15(3)16(4)28-19)22-12-17(18-7-6-14(2)27-18)25-8-10-26-11-9-25;/h6-7,17H,5,8-13H2,1-4H3,(H2,21,22,23);1H. The molecule has 1 unspecified atom stereocenters. The number of oxazole rings is 1. The number of aryl methyl sites for hydroxylation is 3. The lowest BCUT2D eigenvalue weighted by Gasteiger charge is -2.33. The number of aromatic nitrogens is 1. The summed E-state index contributed by atoms with van der Waals surface area (Å²) in [6.07, 6.45) is 0. The van der Waals surface area contributed by atoms with Crippen molar-refractivity contribution in [2.75, 3.05) is 39.4 Å². The van der Waals surface area contributed by atoms with Gasteiger partial charge in [0, 0.05) is 26.2 Å². The zero-order chi connectivity index (χ0) is 19.9. The van der Waals surface area contributed by atoms with E-state index in [1.54, 1.807) is 0 Å². The lowest BCUT2D eigenvalue weighted by molar-refractivity contribution is 0.0124. The fourth-order valence-electron chi connectivity index (χ4n) is 3.22. The maximum Gasteiger partial charge on any atom is 0.216 e. The third-order valence-electron chi connectivity index (χ3n) is 4.83. The minimum absolute atomic E-state index is 0. The summed E-state index contributed by atoms with van der Waals surface area (Å²) in [4.78, 5) is 11.4. The molecule has 29 heavy (non-hydrogen) atoms. The molecule has 0 aliphatic carbocycles. The van der Waals surface area contributed by atoms with Crippen LogP contribution < -0.4 is 10.6 Å². The zero-order valence-corrected chi connectivity index (χ0v) is 20.0. The van der Waals surface area contributed by atoms with Crippen LogP contribution in [0.15, 0.2) is 26.0 Å². The van der Waals surface area contributed by atoms with Crippen molar-refractivity contribution in [1.29, 1.82) is 0 Å². The average molecular weight is 517 g/mol. The summed E-state index contributed by atoms with van der Waals surface area (Å²) in [6.45, 7) is 13.0. The van der Waals surface area contributed by atoms with Gasteiger partial charge in [0.25, 0.3) is 0 Å². The van der Waals surface area contributed by atoms with E-state index in [-0.39, 0.29) is 30.0 Å². The zero-order valence-electron chi connectivity index (χ0n) is 17.7. The quantitative estimate of drug-likeness (QED) is 0.332. The molecule has 1 atom stereocenters. The van der Waals surface area contributed by atoms with E-state index in [1.165, 1.54) is 0 Å². The van der Waals surface area contributed by atoms with E-state index in [9.17, 15) is 0 Å². The van der Waals surface area contributed by atoms with E-state index >= 15 is 0 Å². The van der Waals surface area contributed by atoms with Crippen LogP contribution >= 0.6 is 24.0 Å². The number of furan rings is 1. The number of ether oxygens (including phenoxy) is 1. The normalized spacial score (nSPS) is 16.3. The summed E-state index contributed by atoms with van der Waals surface area (Å²) in [5.41, 5.74) is 0.906. The molecule has 0 spiro atoms. The van der Waals surface area contributed by atoms with Crippen molar-refractivity contribution in [2.45, 2.75) is 40.3 Å².